The first-order valence-corrected chi connectivity index (χ1v) is 5.46. The van der Waals surface area contributed by atoms with Crippen LogP contribution in [0.4, 0.5) is 0 Å². The van der Waals surface area contributed by atoms with E-state index in [1.54, 1.807) is 6.33 Å². The molecule has 0 bridgehead atoms. The first-order chi connectivity index (χ1) is 8.34. The maximum atomic E-state index is 4.34. The second-order valence-corrected chi connectivity index (χ2v) is 3.95. The molecule has 0 amide bonds. The minimum Gasteiger partial charge on any atom is -0.261 e. The number of aryl methyl sites for hydroxylation is 1. The van der Waals surface area contributed by atoms with Crippen LogP contribution in [0.5, 0.6) is 0 Å². The highest BCUT2D eigenvalue weighted by Gasteiger charge is 2.04. The van der Waals surface area contributed by atoms with Gasteiger partial charge in [0.1, 0.15) is 6.33 Å². The largest absolute Gasteiger partial charge is 0.261 e. The molecular formula is C14H11N3. The molecule has 0 saturated heterocycles. The van der Waals surface area contributed by atoms with E-state index in [0.717, 1.165) is 27.7 Å². The van der Waals surface area contributed by atoms with Crippen LogP contribution in [0, 0.1) is 6.92 Å². The van der Waals surface area contributed by atoms with Crippen LogP contribution >= 0.6 is 0 Å². The summed E-state index contributed by atoms with van der Waals surface area (Å²) in [7, 11) is 0. The van der Waals surface area contributed by atoms with Gasteiger partial charge in [-0.05, 0) is 13.0 Å². The van der Waals surface area contributed by atoms with Crippen molar-refractivity contribution in [2.75, 3.05) is 0 Å². The van der Waals surface area contributed by atoms with Gasteiger partial charge >= 0.3 is 0 Å². The number of fused-ring (bicyclic) bond motifs is 1. The van der Waals surface area contributed by atoms with Gasteiger partial charge in [-0.3, -0.25) is 4.98 Å². The number of aromatic nitrogens is 3. The molecular weight excluding hydrogens is 210 g/mol. The summed E-state index contributed by atoms with van der Waals surface area (Å²) in [6, 6.07) is 10.2. The molecule has 0 saturated carbocycles. The van der Waals surface area contributed by atoms with Gasteiger partial charge in [-0.25, -0.2) is 9.97 Å². The number of nitrogens with zero attached hydrogens (tertiary/aromatic N) is 3. The fraction of sp³-hybridized carbons (Fsp3) is 0.0714. The third-order valence-electron chi connectivity index (χ3n) is 2.76. The fourth-order valence-electron chi connectivity index (χ4n) is 1.87. The van der Waals surface area contributed by atoms with Crippen molar-refractivity contribution in [3.05, 3.63) is 54.7 Å². The molecule has 2 heterocycles. The molecule has 0 unspecified atom stereocenters. The average molecular weight is 221 g/mol. The predicted molar refractivity (Wildman–Crippen MR) is 67.5 cm³/mol. The summed E-state index contributed by atoms with van der Waals surface area (Å²) in [5.74, 6) is 0. The highest BCUT2D eigenvalue weighted by Crippen LogP contribution is 2.25. The Hall–Kier alpha value is -2.29. The average Bonchev–Trinajstić information content (AvgIpc) is 2.39. The second-order valence-electron chi connectivity index (χ2n) is 3.95. The highest BCUT2D eigenvalue weighted by molar-refractivity contribution is 5.92. The van der Waals surface area contributed by atoms with E-state index in [2.05, 4.69) is 27.1 Å². The van der Waals surface area contributed by atoms with Gasteiger partial charge in [-0.2, -0.15) is 0 Å². The number of benzene rings is 1. The second kappa shape index (κ2) is 3.94. The molecule has 0 N–H and O–H groups in total. The van der Waals surface area contributed by atoms with E-state index in [1.807, 2.05) is 37.5 Å². The van der Waals surface area contributed by atoms with Gasteiger partial charge in [-0.15, -0.1) is 0 Å². The van der Waals surface area contributed by atoms with Crippen molar-refractivity contribution in [3.8, 4) is 11.1 Å². The maximum absolute atomic E-state index is 4.34. The van der Waals surface area contributed by atoms with Crippen LogP contribution in [-0.4, -0.2) is 15.0 Å². The summed E-state index contributed by atoms with van der Waals surface area (Å²) >= 11 is 0. The van der Waals surface area contributed by atoms with Crippen molar-refractivity contribution in [2.24, 2.45) is 0 Å². The SMILES string of the molecule is Cc1ccc(-c2cccc3cncnc23)cn1. The third kappa shape index (κ3) is 1.76. The van der Waals surface area contributed by atoms with Crippen LogP contribution in [0.15, 0.2) is 49.1 Å². The fourth-order valence-corrected chi connectivity index (χ4v) is 1.87. The molecule has 3 aromatic rings. The summed E-state index contributed by atoms with van der Waals surface area (Å²) in [6.45, 7) is 1.98. The Morgan fingerprint density at radius 3 is 2.71 bits per heavy atom. The van der Waals surface area contributed by atoms with Crippen LogP contribution in [0.1, 0.15) is 5.69 Å². The zero-order chi connectivity index (χ0) is 11.7. The van der Waals surface area contributed by atoms with E-state index < -0.39 is 0 Å². The molecule has 0 fully saturated rings. The Labute approximate surface area is 99.2 Å². The van der Waals surface area contributed by atoms with Crippen molar-refractivity contribution < 1.29 is 0 Å². The van der Waals surface area contributed by atoms with Gasteiger partial charge in [0.2, 0.25) is 0 Å². The minimum absolute atomic E-state index is 0.966. The zero-order valence-corrected chi connectivity index (χ0v) is 9.46. The summed E-state index contributed by atoms with van der Waals surface area (Å²) in [5.41, 5.74) is 4.16. The lowest BCUT2D eigenvalue weighted by atomic mass is 10.0. The molecule has 3 rings (SSSR count). The topological polar surface area (TPSA) is 38.7 Å². The number of hydrogen-bond acceptors (Lipinski definition) is 3. The molecule has 3 heteroatoms. The first-order valence-electron chi connectivity index (χ1n) is 5.46. The van der Waals surface area contributed by atoms with Crippen LogP contribution < -0.4 is 0 Å². The summed E-state index contributed by atoms with van der Waals surface area (Å²) < 4.78 is 0. The van der Waals surface area contributed by atoms with Gasteiger partial charge in [0.05, 0.1) is 5.52 Å². The summed E-state index contributed by atoms with van der Waals surface area (Å²) in [4.78, 5) is 12.7. The van der Waals surface area contributed by atoms with Crippen LogP contribution in [0.3, 0.4) is 0 Å². The first kappa shape index (κ1) is 9.90. The lowest BCUT2D eigenvalue weighted by Gasteiger charge is -2.05. The smallest absolute Gasteiger partial charge is 0.116 e. The maximum Gasteiger partial charge on any atom is 0.116 e. The van der Waals surface area contributed by atoms with E-state index >= 15 is 0 Å². The molecule has 0 spiro atoms. The number of rotatable bonds is 1. The Morgan fingerprint density at radius 1 is 0.941 bits per heavy atom. The lowest BCUT2D eigenvalue weighted by molar-refractivity contribution is 1.20. The third-order valence-corrected chi connectivity index (χ3v) is 2.76. The van der Waals surface area contributed by atoms with Gasteiger partial charge in [0.25, 0.3) is 0 Å². The summed E-state index contributed by atoms with van der Waals surface area (Å²) in [6.07, 6.45) is 5.28. The van der Waals surface area contributed by atoms with Gasteiger partial charge in [-0.1, -0.05) is 24.3 Å². The zero-order valence-electron chi connectivity index (χ0n) is 9.46. The number of hydrogen-bond donors (Lipinski definition) is 0. The molecule has 1 aromatic carbocycles. The van der Waals surface area contributed by atoms with Crippen LogP contribution in [0.25, 0.3) is 22.0 Å². The van der Waals surface area contributed by atoms with Gasteiger partial charge in [0, 0.05) is 34.6 Å². The van der Waals surface area contributed by atoms with Crippen LogP contribution in [-0.2, 0) is 0 Å². The molecule has 3 nitrogen and oxygen atoms in total. The molecule has 0 aliphatic carbocycles. The Kier molecular flexibility index (Phi) is 2.29. The van der Waals surface area contributed by atoms with E-state index in [4.69, 9.17) is 0 Å². The molecule has 82 valence electrons. The number of para-hydroxylation sites is 1. The molecule has 0 atom stereocenters. The highest BCUT2D eigenvalue weighted by atomic mass is 14.8. The summed E-state index contributed by atoms with van der Waals surface area (Å²) in [5, 5.41) is 1.05. The van der Waals surface area contributed by atoms with E-state index in [1.165, 1.54) is 0 Å². The molecule has 0 radical (unpaired) electrons. The lowest BCUT2D eigenvalue weighted by Crippen LogP contribution is -1.87. The van der Waals surface area contributed by atoms with E-state index in [9.17, 15) is 0 Å². The quantitative estimate of drug-likeness (QED) is 0.634. The van der Waals surface area contributed by atoms with Gasteiger partial charge in [0.15, 0.2) is 0 Å². The minimum atomic E-state index is 0.966. The Bertz CT molecular complexity index is 654. The monoisotopic (exact) mass is 221 g/mol. The van der Waals surface area contributed by atoms with Crippen molar-refractivity contribution in [1.82, 2.24) is 15.0 Å². The van der Waals surface area contributed by atoms with E-state index in [-0.39, 0.29) is 0 Å². The van der Waals surface area contributed by atoms with Crippen molar-refractivity contribution in [2.45, 2.75) is 6.92 Å². The molecule has 0 aliphatic heterocycles. The van der Waals surface area contributed by atoms with Crippen molar-refractivity contribution >= 4 is 10.9 Å². The Balaban J connectivity index is 2.27. The van der Waals surface area contributed by atoms with Crippen molar-refractivity contribution in [3.63, 3.8) is 0 Å². The molecule has 0 aliphatic rings. The predicted octanol–water partition coefficient (Wildman–Crippen LogP) is 3.00. The normalized spacial score (nSPS) is 10.6. The van der Waals surface area contributed by atoms with Crippen molar-refractivity contribution in [1.29, 1.82) is 0 Å². The number of pyridine rings is 1. The Morgan fingerprint density at radius 2 is 1.88 bits per heavy atom. The van der Waals surface area contributed by atoms with Crippen LogP contribution in [0.2, 0.25) is 0 Å². The standard InChI is InChI=1S/C14H11N3/c1-10-5-6-11(8-16-10)13-4-2-3-12-7-15-9-17-14(12)13/h2-9H,1H3. The van der Waals surface area contributed by atoms with Gasteiger partial charge < -0.3 is 0 Å². The molecule has 2 aromatic heterocycles. The van der Waals surface area contributed by atoms with E-state index in [0.29, 0.717) is 0 Å². The molecule has 17 heavy (non-hydrogen) atoms.